The van der Waals surface area contributed by atoms with Crippen LogP contribution in [0.15, 0.2) is 67.5 Å². The van der Waals surface area contributed by atoms with Crippen LogP contribution in [0.25, 0.3) is 22.0 Å². The second kappa shape index (κ2) is 10.8. The van der Waals surface area contributed by atoms with Crippen molar-refractivity contribution in [1.82, 2.24) is 19.7 Å². The third-order valence-corrected chi connectivity index (χ3v) is 5.58. The Morgan fingerprint density at radius 3 is 2.43 bits per heavy atom. The first-order valence-electron chi connectivity index (χ1n) is 11.4. The van der Waals surface area contributed by atoms with Gasteiger partial charge in [0.15, 0.2) is 5.78 Å². The number of aryl methyl sites for hydroxylation is 1. The molecule has 188 valence electrons. The number of hydrogen-bond donors (Lipinski definition) is 1. The summed E-state index contributed by atoms with van der Waals surface area (Å²) in [5.41, 5.74) is 2.77. The summed E-state index contributed by atoms with van der Waals surface area (Å²) in [6.45, 7) is 6.46. The van der Waals surface area contributed by atoms with Gasteiger partial charge in [-0.3, -0.25) is 19.2 Å². The number of hydrogen-bond acceptors (Lipinski definition) is 7. The molecule has 0 atom stereocenters. The minimum Gasteiger partial charge on any atom is -0.480 e. The fourth-order valence-electron chi connectivity index (χ4n) is 3.91. The zero-order chi connectivity index (χ0) is 26.5. The normalized spacial score (nSPS) is 10.8. The monoisotopic (exact) mass is 499 g/mol. The van der Waals surface area contributed by atoms with Crippen LogP contribution in [-0.4, -0.2) is 49.2 Å². The summed E-state index contributed by atoms with van der Waals surface area (Å²) in [5.74, 6) is -0.913. The van der Waals surface area contributed by atoms with Crippen molar-refractivity contribution in [3.05, 3.63) is 84.6 Å². The van der Waals surface area contributed by atoms with Gasteiger partial charge in [0.05, 0.1) is 11.2 Å². The Morgan fingerprint density at radius 1 is 1.11 bits per heavy atom. The SMILES string of the molecule is C=CCN(C(=O)OCc1ccccc1)c1cc(-c2cnc(C)nc2)cc2c(C(C)=O)nn(CC(=O)O)c12. The summed E-state index contributed by atoms with van der Waals surface area (Å²) < 4.78 is 6.79. The summed E-state index contributed by atoms with van der Waals surface area (Å²) in [6, 6.07) is 12.6. The van der Waals surface area contributed by atoms with Gasteiger partial charge in [0, 0.05) is 36.8 Å². The Hall–Kier alpha value is -4.86. The molecule has 0 bridgehead atoms. The minimum atomic E-state index is -1.15. The molecule has 0 radical (unpaired) electrons. The van der Waals surface area contributed by atoms with E-state index in [-0.39, 0.29) is 24.6 Å². The van der Waals surface area contributed by atoms with Gasteiger partial charge in [-0.05, 0) is 30.2 Å². The van der Waals surface area contributed by atoms with Crippen molar-refractivity contribution in [3.63, 3.8) is 0 Å². The number of aliphatic carboxylic acids is 1. The standard InChI is InChI=1S/C27H25N5O5/c1-4-10-31(27(36)37-16-19-8-6-5-7-9-19)23-12-20(21-13-28-18(3)29-14-21)11-22-25(17(2)33)30-32(26(22)23)15-24(34)35/h4-9,11-14H,1,10,15-16H2,2-3H3,(H,34,35). The van der Waals surface area contributed by atoms with Gasteiger partial charge in [-0.15, -0.1) is 6.58 Å². The molecule has 4 aromatic rings. The fraction of sp³-hybridized carbons (Fsp3) is 0.185. The first-order valence-corrected chi connectivity index (χ1v) is 11.4. The number of nitrogens with zero attached hydrogens (tertiary/aromatic N) is 5. The van der Waals surface area contributed by atoms with Crippen LogP contribution in [0, 0.1) is 6.92 Å². The quantitative estimate of drug-likeness (QED) is 0.265. The molecule has 0 spiro atoms. The van der Waals surface area contributed by atoms with E-state index < -0.39 is 18.6 Å². The molecule has 37 heavy (non-hydrogen) atoms. The molecule has 0 aliphatic carbocycles. The van der Waals surface area contributed by atoms with Crippen molar-refractivity contribution in [1.29, 1.82) is 0 Å². The van der Waals surface area contributed by atoms with E-state index in [0.717, 1.165) is 5.56 Å². The number of aromatic nitrogens is 4. The van der Waals surface area contributed by atoms with Crippen LogP contribution in [0.5, 0.6) is 0 Å². The molecular formula is C27H25N5O5. The molecule has 0 aliphatic rings. The van der Waals surface area contributed by atoms with Gasteiger partial charge in [-0.25, -0.2) is 14.8 Å². The number of Topliss-reactive ketones (excluding diaryl/α,β-unsaturated/α-hetero) is 1. The first-order chi connectivity index (χ1) is 17.8. The van der Waals surface area contributed by atoms with E-state index >= 15 is 0 Å². The average Bonchev–Trinajstić information content (AvgIpc) is 3.24. The molecule has 2 aromatic carbocycles. The fourth-order valence-corrected chi connectivity index (χ4v) is 3.91. The second-order valence-corrected chi connectivity index (χ2v) is 8.31. The molecule has 0 fully saturated rings. The average molecular weight is 500 g/mol. The molecule has 0 unspecified atom stereocenters. The number of amides is 1. The second-order valence-electron chi connectivity index (χ2n) is 8.31. The van der Waals surface area contributed by atoms with Gasteiger partial charge in [-0.1, -0.05) is 36.4 Å². The molecule has 10 heteroatoms. The van der Waals surface area contributed by atoms with Gasteiger partial charge in [0.1, 0.15) is 24.7 Å². The maximum atomic E-state index is 13.3. The van der Waals surface area contributed by atoms with Crippen molar-refractivity contribution in [2.75, 3.05) is 11.4 Å². The van der Waals surface area contributed by atoms with Crippen molar-refractivity contribution < 1.29 is 24.2 Å². The summed E-state index contributed by atoms with van der Waals surface area (Å²) in [5, 5.41) is 14.2. The predicted molar refractivity (Wildman–Crippen MR) is 137 cm³/mol. The Balaban J connectivity index is 1.91. The number of carbonyl (C=O) groups is 3. The zero-order valence-electron chi connectivity index (χ0n) is 20.4. The highest BCUT2D eigenvalue weighted by Crippen LogP contribution is 2.35. The molecule has 0 saturated heterocycles. The van der Waals surface area contributed by atoms with Crippen LogP contribution in [0.2, 0.25) is 0 Å². The topological polar surface area (TPSA) is 128 Å². The van der Waals surface area contributed by atoms with E-state index in [2.05, 4.69) is 21.6 Å². The Morgan fingerprint density at radius 2 is 1.81 bits per heavy atom. The minimum absolute atomic E-state index is 0.0367. The van der Waals surface area contributed by atoms with Crippen LogP contribution in [0.1, 0.15) is 28.8 Å². The van der Waals surface area contributed by atoms with Crippen LogP contribution in [0.4, 0.5) is 10.5 Å². The zero-order valence-corrected chi connectivity index (χ0v) is 20.4. The van der Waals surface area contributed by atoms with Gasteiger partial charge in [0.2, 0.25) is 0 Å². The van der Waals surface area contributed by atoms with Crippen LogP contribution in [0.3, 0.4) is 0 Å². The lowest BCUT2D eigenvalue weighted by molar-refractivity contribution is -0.137. The van der Waals surface area contributed by atoms with Crippen LogP contribution >= 0.6 is 0 Å². The van der Waals surface area contributed by atoms with Gasteiger partial charge >= 0.3 is 12.1 Å². The van der Waals surface area contributed by atoms with E-state index in [1.807, 2.05) is 30.3 Å². The number of benzene rings is 2. The Kier molecular flexibility index (Phi) is 7.38. The van der Waals surface area contributed by atoms with Gasteiger partial charge in [0.25, 0.3) is 0 Å². The Bertz CT molecular complexity index is 1480. The molecule has 1 amide bonds. The number of carbonyl (C=O) groups excluding carboxylic acids is 2. The van der Waals surface area contributed by atoms with E-state index in [0.29, 0.717) is 33.5 Å². The molecular weight excluding hydrogens is 474 g/mol. The smallest absolute Gasteiger partial charge is 0.414 e. The summed E-state index contributed by atoms with van der Waals surface area (Å²) in [4.78, 5) is 47.3. The van der Waals surface area contributed by atoms with Crippen molar-refractivity contribution in [2.45, 2.75) is 27.0 Å². The number of ether oxygens (including phenoxy) is 1. The Labute approximate surface area is 212 Å². The molecule has 10 nitrogen and oxygen atoms in total. The van der Waals surface area contributed by atoms with Crippen LogP contribution < -0.4 is 4.90 Å². The summed E-state index contributed by atoms with van der Waals surface area (Å²) in [7, 11) is 0. The third-order valence-electron chi connectivity index (χ3n) is 5.58. The van der Waals surface area contributed by atoms with E-state index in [4.69, 9.17) is 4.74 Å². The number of carboxylic acids is 1. The number of anilines is 1. The molecule has 1 N–H and O–H groups in total. The lowest BCUT2D eigenvalue weighted by Crippen LogP contribution is -2.32. The number of ketones is 1. The molecule has 4 rings (SSSR count). The largest absolute Gasteiger partial charge is 0.480 e. The van der Waals surface area contributed by atoms with E-state index in [1.54, 1.807) is 31.5 Å². The highest BCUT2D eigenvalue weighted by Gasteiger charge is 2.26. The number of carboxylic acid groups (broad SMARTS) is 1. The summed E-state index contributed by atoms with van der Waals surface area (Å²) in [6.07, 6.45) is 4.12. The predicted octanol–water partition coefficient (Wildman–Crippen LogP) is 4.42. The molecule has 2 heterocycles. The number of rotatable bonds is 9. The molecule has 0 saturated carbocycles. The third kappa shape index (κ3) is 5.53. The first kappa shape index (κ1) is 25.2. The lowest BCUT2D eigenvalue weighted by atomic mass is 10.0. The van der Waals surface area contributed by atoms with Gasteiger partial charge in [-0.2, -0.15) is 5.10 Å². The van der Waals surface area contributed by atoms with Crippen molar-refractivity contribution in [2.24, 2.45) is 0 Å². The highest BCUT2D eigenvalue weighted by molar-refractivity contribution is 6.11. The van der Waals surface area contributed by atoms with E-state index in [1.165, 1.54) is 22.6 Å². The van der Waals surface area contributed by atoms with Gasteiger partial charge < -0.3 is 9.84 Å². The molecule has 2 aromatic heterocycles. The highest BCUT2D eigenvalue weighted by atomic mass is 16.6. The lowest BCUT2D eigenvalue weighted by Gasteiger charge is -2.23. The number of fused-ring (bicyclic) bond motifs is 1. The van der Waals surface area contributed by atoms with Crippen molar-refractivity contribution in [3.8, 4) is 11.1 Å². The van der Waals surface area contributed by atoms with Crippen LogP contribution in [-0.2, 0) is 22.7 Å². The molecule has 0 aliphatic heterocycles. The maximum Gasteiger partial charge on any atom is 0.414 e. The maximum absolute atomic E-state index is 13.3. The van der Waals surface area contributed by atoms with E-state index in [9.17, 15) is 19.5 Å². The summed E-state index contributed by atoms with van der Waals surface area (Å²) >= 11 is 0. The van der Waals surface area contributed by atoms with Crippen molar-refractivity contribution >= 4 is 34.4 Å².